The standard InChI is InChI=1S/C24H30N6O4/c1-24(2,3)20(25)21(31)30(23(34)29-11-10-18(14-29)27-28-26)19(22(32)33)13-15-8-9-16-6-4-5-7-17(16)12-15/h4-9,12,18-20H,10-11,13-14,25H2,1-3H3,(H,32,33)/t18?,19?,20-/m1/s1. The molecule has 0 aliphatic carbocycles. The predicted molar refractivity (Wildman–Crippen MR) is 128 cm³/mol. The molecule has 1 fully saturated rings. The molecule has 3 atom stereocenters. The summed E-state index contributed by atoms with van der Waals surface area (Å²) >= 11 is 0. The zero-order chi connectivity index (χ0) is 25.0. The van der Waals surface area contributed by atoms with Gasteiger partial charge in [-0.25, -0.2) is 14.5 Å². The van der Waals surface area contributed by atoms with E-state index in [1.54, 1.807) is 26.8 Å². The average molecular weight is 467 g/mol. The van der Waals surface area contributed by atoms with Crippen LogP contribution in [0.5, 0.6) is 0 Å². The Hall–Kier alpha value is -3.62. The molecule has 1 heterocycles. The van der Waals surface area contributed by atoms with Gasteiger partial charge in [0.15, 0.2) is 0 Å². The molecule has 0 radical (unpaired) electrons. The Kier molecular flexibility index (Phi) is 7.44. The summed E-state index contributed by atoms with van der Waals surface area (Å²) in [5.41, 5.74) is 14.9. The van der Waals surface area contributed by atoms with E-state index in [1.165, 1.54) is 4.90 Å². The van der Waals surface area contributed by atoms with Crippen LogP contribution in [0.4, 0.5) is 4.79 Å². The quantitative estimate of drug-likeness (QED) is 0.379. The maximum absolute atomic E-state index is 13.5. The van der Waals surface area contributed by atoms with E-state index in [4.69, 9.17) is 11.3 Å². The molecular formula is C24H30N6O4. The molecule has 3 rings (SSSR count). The van der Waals surface area contributed by atoms with Crippen molar-refractivity contribution in [2.24, 2.45) is 16.3 Å². The first kappa shape index (κ1) is 25.0. The van der Waals surface area contributed by atoms with Crippen molar-refractivity contribution in [1.82, 2.24) is 9.80 Å². The second-order valence-corrected chi connectivity index (χ2v) is 9.67. The zero-order valence-corrected chi connectivity index (χ0v) is 19.6. The number of benzene rings is 2. The highest BCUT2D eigenvalue weighted by atomic mass is 16.4. The van der Waals surface area contributed by atoms with Crippen LogP contribution in [-0.4, -0.2) is 64.0 Å². The number of carbonyl (C=O) groups excluding carboxylic acids is 2. The molecule has 1 aliphatic rings. The summed E-state index contributed by atoms with van der Waals surface area (Å²) in [6.07, 6.45) is 0.369. The summed E-state index contributed by atoms with van der Waals surface area (Å²) in [5.74, 6) is -2.06. The minimum atomic E-state index is -1.45. The summed E-state index contributed by atoms with van der Waals surface area (Å²) in [7, 11) is 0. The van der Waals surface area contributed by atoms with Crippen LogP contribution in [0.25, 0.3) is 21.2 Å². The topological polar surface area (TPSA) is 153 Å². The van der Waals surface area contributed by atoms with E-state index in [0.717, 1.165) is 15.7 Å². The third kappa shape index (κ3) is 5.47. The Bertz CT molecular complexity index is 1140. The monoisotopic (exact) mass is 466 g/mol. The number of likely N-dealkylation sites (tertiary alicyclic amines) is 1. The molecule has 10 heteroatoms. The number of hydrogen-bond donors (Lipinski definition) is 2. The number of nitrogens with two attached hydrogens (primary N) is 1. The van der Waals surface area contributed by atoms with Gasteiger partial charge in [-0.1, -0.05) is 68.4 Å². The first-order valence-corrected chi connectivity index (χ1v) is 11.1. The SMILES string of the molecule is CC(C)(C)[C@H](N)C(=O)N(C(=O)N1CCC(N=[N+]=[N-])C1)C(Cc1ccc2ccccc2c1)C(=O)O. The van der Waals surface area contributed by atoms with E-state index >= 15 is 0 Å². The van der Waals surface area contributed by atoms with Crippen LogP contribution in [0.3, 0.4) is 0 Å². The number of carbonyl (C=O) groups is 3. The highest BCUT2D eigenvalue weighted by Crippen LogP contribution is 2.25. The number of nitrogens with zero attached hydrogens (tertiary/aromatic N) is 5. The minimum absolute atomic E-state index is 0.0673. The molecule has 0 aromatic heterocycles. The number of hydrogen-bond acceptors (Lipinski definition) is 5. The van der Waals surface area contributed by atoms with E-state index in [9.17, 15) is 19.5 Å². The van der Waals surface area contributed by atoms with Gasteiger partial charge in [0.1, 0.15) is 6.04 Å². The van der Waals surface area contributed by atoms with Crippen molar-refractivity contribution in [3.05, 3.63) is 58.5 Å². The van der Waals surface area contributed by atoms with E-state index in [-0.39, 0.29) is 19.5 Å². The number of imide groups is 1. The normalized spacial score (nSPS) is 17.6. The molecule has 3 N–H and O–H groups in total. The van der Waals surface area contributed by atoms with Crippen LogP contribution in [0.15, 0.2) is 47.6 Å². The van der Waals surface area contributed by atoms with E-state index < -0.39 is 41.4 Å². The van der Waals surface area contributed by atoms with Gasteiger partial charge in [-0.05, 0) is 33.7 Å². The molecule has 2 unspecified atom stereocenters. The van der Waals surface area contributed by atoms with Gasteiger partial charge in [0.2, 0.25) is 5.91 Å². The summed E-state index contributed by atoms with van der Waals surface area (Å²) in [6.45, 7) is 5.62. The van der Waals surface area contributed by atoms with Crippen LogP contribution < -0.4 is 5.73 Å². The molecule has 3 amide bonds. The van der Waals surface area contributed by atoms with Crippen LogP contribution in [0.2, 0.25) is 0 Å². The highest BCUT2D eigenvalue weighted by Gasteiger charge is 2.43. The lowest BCUT2D eigenvalue weighted by Gasteiger charge is -2.36. The number of rotatable bonds is 6. The van der Waals surface area contributed by atoms with E-state index in [2.05, 4.69) is 10.0 Å². The second kappa shape index (κ2) is 10.1. The van der Waals surface area contributed by atoms with Gasteiger partial charge in [-0.2, -0.15) is 0 Å². The molecule has 10 nitrogen and oxygen atoms in total. The van der Waals surface area contributed by atoms with Crippen LogP contribution in [-0.2, 0) is 16.0 Å². The largest absolute Gasteiger partial charge is 0.480 e. The summed E-state index contributed by atoms with van der Waals surface area (Å²) < 4.78 is 0. The molecular weight excluding hydrogens is 436 g/mol. The predicted octanol–water partition coefficient (Wildman–Crippen LogP) is 3.54. The van der Waals surface area contributed by atoms with Crippen molar-refractivity contribution >= 4 is 28.7 Å². The van der Waals surface area contributed by atoms with Gasteiger partial charge in [0.05, 0.1) is 12.1 Å². The van der Waals surface area contributed by atoms with Gasteiger partial charge >= 0.3 is 12.0 Å². The fraction of sp³-hybridized carbons (Fsp3) is 0.458. The Labute approximate surface area is 197 Å². The lowest BCUT2D eigenvalue weighted by Crippen LogP contribution is -2.60. The number of azide groups is 1. The Morgan fingerprint density at radius 1 is 1.24 bits per heavy atom. The minimum Gasteiger partial charge on any atom is -0.480 e. The fourth-order valence-corrected chi connectivity index (χ4v) is 4.01. The number of urea groups is 1. The third-order valence-corrected chi connectivity index (χ3v) is 6.13. The first-order valence-electron chi connectivity index (χ1n) is 11.1. The second-order valence-electron chi connectivity index (χ2n) is 9.67. The summed E-state index contributed by atoms with van der Waals surface area (Å²) in [4.78, 5) is 44.3. The smallest absolute Gasteiger partial charge is 0.327 e. The fourth-order valence-electron chi connectivity index (χ4n) is 4.01. The number of aliphatic carboxylic acids is 1. The molecule has 1 saturated heterocycles. The molecule has 2 aromatic rings. The zero-order valence-electron chi connectivity index (χ0n) is 19.6. The molecule has 2 aromatic carbocycles. The summed E-state index contributed by atoms with van der Waals surface area (Å²) in [5, 5.41) is 15.7. The van der Waals surface area contributed by atoms with Crippen molar-refractivity contribution in [3.8, 4) is 0 Å². The van der Waals surface area contributed by atoms with Gasteiger partial charge in [-0.15, -0.1) is 0 Å². The van der Waals surface area contributed by atoms with Crippen molar-refractivity contribution in [3.63, 3.8) is 0 Å². The number of fused-ring (bicyclic) bond motifs is 1. The maximum atomic E-state index is 13.5. The van der Waals surface area contributed by atoms with Crippen LogP contribution in [0.1, 0.15) is 32.8 Å². The first-order chi connectivity index (χ1) is 16.0. The average Bonchev–Trinajstić information content (AvgIpc) is 3.26. The van der Waals surface area contributed by atoms with Gasteiger partial charge in [0, 0.05) is 24.4 Å². The molecule has 1 aliphatic heterocycles. The third-order valence-electron chi connectivity index (χ3n) is 6.13. The Balaban J connectivity index is 1.98. The molecule has 0 bridgehead atoms. The lowest BCUT2D eigenvalue weighted by atomic mass is 9.86. The van der Waals surface area contributed by atoms with E-state index in [1.807, 2.05) is 36.4 Å². The lowest BCUT2D eigenvalue weighted by molar-refractivity contribution is -0.149. The Morgan fingerprint density at radius 2 is 1.91 bits per heavy atom. The van der Waals surface area contributed by atoms with Gasteiger partial charge < -0.3 is 15.7 Å². The molecule has 0 spiro atoms. The number of carboxylic acids is 1. The number of carboxylic acid groups (broad SMARTS) is 1. The van der Waals surface area contributed by atoms with Gasteiger partial charge in [-0.3, -0.25) is 4.79 Å². The maximum Gasteiger partial charge on any atom is 0.327 e. The summed E-state index contributed by atoms with van der Waals surface area (Å²) in [6, 6.07) is 9.48. The van der Waals surface area contributed by atoms with Crippen LogP contribution in [0, 0.1) is 5.41 Å². The molecule has 0 saturated carbocycles. The Morgan fingerprint density at radius 3 is 2.53 bits per heavy atom. The van der Waals surface area contributed by atoms with Crippen LogP contribution >= 0.6 is 0 Å². The van der Waals surface area contributed by atoms with Crippen molar-refractivity contribution in [2.75, 3.05) is 13.1 Å². The van der Waals surface area contributed by atoms with E-state index in [0.29, 0.717) is 12.0 Å². The van der Waals surface area contributed by atoms with Crippen molar-refractivity contribution < 1.29 is 19.5 Å². The number of amides is 3. The van der Waals surface area contributed by atoms with Crippen molar-refractivity contribution in [2.45, 2.75) is 51.7 Å². The molecule has 180 valence electrons. The molecule has 34 heavy (non-hydrogen) atoms. The van der Waals surface area contributed by atoms with Gasteiger partial charge in [0.25, 0.3) is 0 Å². The van der Waals surface area contributed by atoms with Crippen molar-refractivity contribution in [1.29, 1.82) is 0 Å². The highest BCUT2D eigenvalue weighted by molar-refractivity contribution is 6.01.